The van der Waals surface area contributed by atoms with Crippen molar-refractivity contribution < 1.29 is 0 Å². The van der Waals surface area contributed by atoms with E-state index in [4.69, 9.17) is 17.3 Å². The zero-order valence-electron chi connectivity index (χ0n) is 9.81. The van der Waals surface area contributed by atoms with E-state index < -0.39 is 0 Å². The molecule has 88 valence electrons. The molecule has 0 spiro atoms. The van der Waals surface area contributed by atoms with Gasteiger partial charge in [-0.1, -0.05) is 25.4 Å². The molecule has 0 radical (unpaired) electrons. The second-order valence-corrected chi connectivity index (χ2v) is 4.60. The summed E-state index contributed by atoms with van der Waals surface area (Å²) in [5, 5.41) is 0.550. The predicted octanol–water partition coefficient (Wildman–Crippen LogP) is 3.50. The fourth-order valence-electron chi connectivity index (χ4n) is 1.52. The topological polar surface area (TPSA) is 51.8 Å². The van der Waals surface area contributed by atoms with E-state index in [1.165, 1.54) is 0 Å². The van der Waals surface area contributed by atoms with Gasteiger partial charge in [0.1, 0.15) is 0 Å². The van der Waals surface area contributed by atoms with Gasteiger partial charge in [-0.3, -0.25) is 0 Å². The molecule has 0 unspecified atom stereocenters. The Bertz CT molecular complexity index is 538. The van der Waals surface area contributed by atoms with Gasteiger partial charge in [-0.15, -0.1) is 0 Å². The van der Waals surface area contributed by atoms with Crippen LogP contribution >= 0.6 is 11.6 Å². The van der Waals surface area contributed by atoms with Crippen LogP contribution in [0.5, 0.6) is 0 Å². The third-order valence-corrected chi connectivity index (χ3v) is 2.87. The standard InChI is InChI=1S/C13H14ClN3/c1-8(2)12-5-6-16-13(17-12)9-3-4-10(14)11(15)7-9/h3-8H,15H2,1-2H3. The molecular formula is C13H14ClN3. The maximum Gasteiger partial charge on any atom is 0.159 e. The van der Waals surface area contributed by atoms with Crippen molar-refractivity contribution >= 4 is 17.3 Å². The Morgan fingerprint density at radius 1 is 1.24 bits per heavy atom. The van der Waals surface area contributed by atoms with Crippen LogP contribution < -0.4 is 5.73 Å². The smallest absolute Gasteiger partial charge is 0.159 e. The van der Waals surface area contributed by atoms with Crippen molar-refractivity contribution in [1.82, 2.24) is 9.97 Å². The van der Waals surface area contributed by atoms with Crippen LogP contribution in [0.3, 0.4) is 0 Å². The molecule has 1 aromatic heterocycles. The molecule has 3 nitrogen and oxygen atoms in total. The minimum atomic E-state index is 0.376. The number of hydrogen-bond acceptors (Lipinski definition) is 3. The molecule has 1 heterocycles. The van der Waals surface area contributed by atoms with Crippen LogP contribution in [0.2, 0.25) is 5.02 Å². The van der Waals surface area contributed by atoms with Gasteiger partial charge >= 0.3 is 0 Å². The van der Waals surface area contributed by atoms with Gasteiger partial charge in [0, 0.05) is 17.5 Å². The number of rotatable bonds is 2. The highest BCUT2D eigenvalue weighted by Gasteiger charge is 2.06. The first-order valence-corrected chi connectivity index (χ1v) is 5.84. The maximum absolute atomic E-state index is 5.88. The van der Waals surface area contributed by atoms with Crippen LogP contribution in [0.15, 0.2) is 30.5 Å². The minimum absolute atomic E-state index is 0.376. The fraction of sp³-hybridized carbons (Fsp3) is 0.231. The number of hydrogen-bond donors (Lipinski definition) is 1. The SMILES string of the molecule is CC(C)c1ccnc(-c2ccc(Cl)c(N)c2)n1. The van der Waals surface area contributed by atoms with Crippen LogP contribution in [0.25, 0.3) is 11.4 Å². The van der Waals surface area contributed by atoms with Crippen molar-refractivity contribution in [3.8, 4) is 11.4 Å². The number of halogens is 1. The zero-order chi connectivity index (χ0) is 12.4. The van der Waals surface area contributed by atoms with Crippen molar-refractivity contribution in [3.05, 3.63) is 41.2 Å². The summed E-state index contributed by atoms with van der Waals surface area (Å²) in [5.41, 5.74) is 8.21. The maximum atomic E-state index is 5.88. The molecule has 4 heteroatoms. The van der Waals surface area contributed by atoms with Crippen molar-refractivity contribution in [1.29, 1.82) is 0 Å². The van der Waals surface area contributed by atoms with Gasteiger partial charge in [-0.2, -0.15) is 0 Å². The largest absolute Gasteiger partial charge is 0.398 e. The normalized spacial score (nSPS) is 10.8. The van der Waals surface area contributed by atoms with E-state index >= 15 is 0 Å². The van der Waals surface area contributed by atoms with E-state index in [1.807, 2.05) is 12.1 Å². The van der Waals surface area contributed by atoms with Crippen molar-refractivity contribution in [3.63, 3.8) is 0 Å². The number of aromatic nitrogens is 2. The van der Waals surface area contributed by atoms with Gasteiger partial charge in [0.2, 0.25) is 0 Å². The van der Waals surface area contributed by atoms with E-state index in [2.05, 4.69) is 23.8 Å². The van der Waals surface area contributed by atoms with Crippen LogP contribution in [0.4, 0.5) is 5.69 Å². The lowest BCUT2D eigenvalue weighted by atomic mass is 10.1. The van der Waals surface area contributed by atoms with E-state index in [9.17, 15) is 0 Å². The Morgan fingerprint density at radius 3 is 2.65 bits per heavy atom. The van der Waals surface area contributed by atoms with E-state index in [-0.39, 0.29) is 0 Å². The highest BCUT2D eigenvalue weighted by Crippen LogP contribution is 2.25. The third-order valence-electron chi connectivity index (χ3n) is 2.52. The summed E-state index contributed by atoms with van der Waals surface area (Å²) in [7, 11) is 0. The summed E-state index contributed by atoms with van der Waals surface area (Å²) in [6.07, 6.45) is 1.77. The lowest BCUT2D eigenvalue weighted by molar-refractivity contribution is 0.817. The molecule has 1 aromatic carbocycles. The molecule has 0 bridgehead atoms. The molecule has 0 atom stereocenters. The quantitative estimate of drug-likeness (QED) is 0.827. The lowest BCUT2D eigenvalue weighted by Gasteiger charge is -2.07. The molecule has 0 saturated heterocycles. The molecule has 0 saturated carbocycles. The zero-order valence-corrected chi connectivity index (χ0v) is 10.6. The second kappa shape index (κ2) is 4.72. The molecule has 0 aliphatic carbocycles. The van der Waals surface area contributed by atoms with Gasteiger partial charge in [0.05, 0.1) is 10.7 Å². The Hall–Kier alpha value is -1.61. The summed E-state index contributed by atoms with van der Waals surface area (Å²) in [6.45, 7) is 4.20. The average molecular weight is 248 g/mol. The van der Waals surface area contributed by atoms with Gasteiger partial charge in [-0.25, -0.2) is 9.97 Å². The predicted molar refractivity (Wildman–Crippen MR) is 71.0 cm³/mol. The number of benzene rings is 1. The second-order valence-electron chi connectivity index (χ2n) is 4.20. The molecule has 17 heavy (non-hydrogen) atoms. The summed E-state index contributed by atoms with van der Waals surface area (Å²) in [5.74, 6) is 1.06. The van der Waals surface area contributed by atoms with E-state index in [0.717, 1.165) is 11.3 Å². The lowest BCUT2D eigenvalue weighted by Crippen LogP contribution is -1.97. The molecule has 2 N–H and O–H groups in total. The summed E-state index contributed by atoms with van der Waals surface area (Å²) in [4.78, 5) is 8.76. The van der Waals surface area contributed by atoms with Crippen molar-refractivity contribution in [2.45, 2.75) is 19.8 Å². The van der Waals surface area contributed by atoms with Crippen LogP contribution in [0.1, 0.15) is 25.5 Å². The van der Waals surface area contributed by atoms with Crippen LogP contribution in [-0.2, 0) is 0 Å². The van der Waals surface area contributed by atoms with Crippen molar-refractivity contribution in [2.24, 2.45) is 0 Å². The number of nitrogens with two attached hydrogens (primary N) is 1. The molecule has 2 aromatic rings. The minimum Gasteiger partial charge on any atom is -0.398 e. The molecule has 0 amide bonds. The molecule has 0 fully saturated rings. The van der Waals surface area contributed by atoms with Gasteiger partial charge in [-0.05, 0) is 30.2 Å². The molecule has 2 rings (SSSR count). The van der Waals surface area contributed by atoms with Crippen LogP contribution in [-0.4, -0.2) is 9.97 Å². The van der Waals surface area contributed by atoms with Crippen molar-refractivity contribution in [2.75, 3.05) is 5.73 Å². The first-order chi connectivity index (χ1) is 8.08. The first kappa shape index (κ1) is 11.9. The average Bonchev–Trinajstić information content (AvgIpc) is 2.33. The van der Waals surface area contributed by atoms with E-state index in [0.29, 0.717) is 22.5 Å². The molecule has 0 aliphatic rings. The van der Waals surface area contributed by atoms with Crippen LogP contribution in [0, 0.1) is 0 Å². The van der Waals surface area contributed by atoms with E-state index in [1.54, 1.807) is 18.3 Å². The monoisotopic (exact) mass is 247 g/mol. The molecule has 0 aliphatic heterocycles. The highest BCUT2D eigenvalue weighted by molar-refractivity contribution is 6.33. The first-order valence-electron chi connectivity index (χ1n) is 5.46. The Kier molecular flexibility index (Phi) is 3.29. The van der Waals surface area contributed by atoms with Gasteiger partial charge in [0.25, 0.3) is 0 Å². The Morgan fingerprint density at radius 2 is 2.00 bits per heavy atom. The fourth-order valence-corrected chi connectivity index (χ4v) is 1.63. The number of anilines is 1. The summed E-state index contributed by atoms with van der Waals surface area (Å²) >= 11 is 5.88. The Labute approximate surface area is 106 Å². The Balaban J connectivity index is 2.45. The van der Waals surface area contributed by atoms with Gasteiger partial charge in [0.15, 0.2) is 5.82 Å². The van der Waals surface area contributed by atoms with Gasteiger partial charge < -0.3 is 5.73 Å². The summed E-state index contributed by atoms with van der Waals surface area (Å²) in [6, 6.07) is 7.35. The summed E-state index contributed by atoms with van der Waals surface area (Å²) < 4.78 is 0. The number of nitrogens with zero attached hydrogens (tertiary/aromatic N) is 2. The molecular weight excluding hydrogens is 234 g/mol. The third kappa shape index (κ3) is 2.56. The number of nitrogen functional groups attached to an aromatic ring is 1. The highest BCUT2D eigenvalue weighted by atomic mass is 35.5.